The Hall–Kier alpha value is -3.14. The zero-order valence-electron chi connectivity index (χ0n) is 16.0. The van der Waals surface area contributed by atoms with Gasteiger partial charge in [-0.05, 0) is 49.1 Å². The molecule has 0 unspecified atom stereocenters. The van der Waals surface area contributed by atoms with Gasteiger partial charge >= 0.3 is 0 Å². The van der Waals surface area contributed by atoms with E-state index in [1.807, 2.05) is 38.1 Å². The van der Waals surface area contributed by atoms with E-state index in [1.54, 1.807) is 12.1 Å². The third-order valence-electron chi connectivity index (χ3n) is 4.54. The molecule has 1 heterocycles. The summed E-state index contributed by atoms with van der Waals surface area (Å²) in [5, 5.41) is 3.45. The summed E-state index contributed by atoms with van der Waals surface area (Å²) in [5.74, 6) is 0.00916. The van der Waals surface area contributed by atoms with Crippen LogP contribution in [0.5, 0.6) is 0 Å². The van der Waals surface area contributed by atoms with E-state index in [0.29, 0.717) is 22.5 Å². The largest absolute Gasteiger partial charge is 0.463 e. The quantitative estimate of drug-likeness (QED) is 0.651. The maximum atomic E-state index is 12.6. The van der Waals surface area contributed by atoms with Crippen molar-refractivity contribution in [3.8, 4) is 0 Å². The fourth-order valence-electron chi connectivity index (χ4n) is 3.05. The molecule has 1 N–H and O–H groups in total. The zero-order valence-corrected chi connectivity index (χ0v) is 16.0. The summed E-state index contributed by atoms with van der Waals surface area (Å²) in [6, 6.07) is 11.4. The number of hydrogen-bond acceptors (Lipinski definition) is 3. The smallest absolute Gasteiger partial charge is 0.248 e. The highest BCUT2D eigenvalue weighted by molar-refractivity contribution is 6.03. The Bertz CT molecular complexity index is 1090. The number of fused-ring (bicyclic) bond motifs is 1. The average Bonchev–Trinajstić information content (AvgIpc) is 2.63. The van der Waals surface area contributed by atoms with Gasteiger partial charge in [0.25, 0.3) is 0 Å². The van der Waals surface area contributed by atoms with Crippen molar-refractivity contribution in [2.24, 2.45) is 0 Å². The van der Waals surface area contributed by atoms with Crippen molar-refractivity contribution < 1.29 is 9.21 Å². The molecule has 27 heavy (non-hydrogen) atoms. The fraction of sp³-hybridized carbons (Fsp3) is 0.217. The zero-order chi connectivity index (χ0) is 19.6. The van der Waals surface area contributed by atoms with E-state index < -0.39 is 0 Å². The molecule has 0 saturated heterocycles. The van der Waals surface area contributed by atoms with E-state index in [1.165, 1.54) is 18.4 Å². The van der Waals surface area contributed by atoms with Crippen molar-refractivity contribution in [3.63, 3.8) is 0 Å². The molecule has 0 fully saturated rings. The topological polar surface area (TPSA) is 59.3 Å². The summed E-state index contributed by atoms with van der Waals surface area (Å²) in [6.45, 7) is 8.06. The molecule has 0 aliphatic rings. The number of para-hydroxylation sites is 1. The molecule has 2 aromatic carbocycles. The second-order valence-corrected chi connectivity index (χ2v) is 7.04. The number of rotatable bonds is 4. The van der Waals surface area contributed by atoms with E-state index in [0.717, 1.165) is 22.4 Å². The van der Waals surface area contributed by atoms with Crippen molar-refractivity contribution in [1.29, 1.82) is 0 Å². The summed E-state index contributed by atoms with van der Waals surface area (Å²) in [5.41, 5.74) is 4.62. The highest BCUT2D eigenvalue weighted by Gasteiger charge is 2.11. The Balaban J connectivity index is 1.87. The van der Waals surface area contributed by atoms with Gasteiger partial charge in [0.1, 0.15) is 11.8 Å². The van der Waals surface area contributed by atoms with Crippen molar-refractivity contribution >= 4 is 28.6 Å². The number of nitrogens with one attached hydrogen (secondary N) is 1. The molecule has 4 heteroatoms. The Labute approximate surface area is 158 Å². The average molecular weight is 361 g/mol. The van der Waals surface area contributed by atoms with E-state index in [9.17, 15) is 9.59 Å². The molecule has 0 aliphatic heterocycles. The molecule has 3 rings (SSSR count). The molecular weight excluding hydrogens is 338 g/mol. The number of carbonyl (C=O) groups is 1. The first kappa shape index (κ1) is 18.6. The van der Waals surface area contributed by atoms with Crippen molar-refractivity contribution in [1.82, 2.24) is 0 Å². The van der Waals surface area contributed by atoms with Crippen LogP contribution < -0.4 is 10.7 Å². The minimum Gasteiger partial charge on any atom is -0.463 e. The van der Waals surface area contributed by atoms with Gasteiger partial charge in [-0.25, -0.2) is 0 Å². The monoisotopic (exact) mass is 361 g/mol. The van der Waals surface area contributed by atoms with Gasteiger partial charge in [0.15, 0.2) is 5.43 Å². The molecule has 1 amide bonds. The van der Waals surface area contributed by atoms with Crippen LogP contribution in [0.25, 0.3) is 17.0 Å². The first-order valence-electron chi connectivity index (χ1n) is 8.97. The Morgan fingerprint density at radius 2 is 1.93 bits per heavy atom. The van der Waals surface area contributed by atoms with Crippen LogP contribution in [0.1, 0.15) is 42.0 Å². The lowest BCUT2D eigenvalue weighted by molar-refractivity contribution is -0.111. The second-order valence-electron chi connectivity index (χ2n) is 7.04. The molecule has 0 radical (unpaired) electrons. The summed E-state index contributed by atoms with van der Waals surface area (Å²) < 4.78 is 5.52. The van der Waals surface area contributed by atoms with Crippen LogP contribution in [0.15, 0.2) is 57.9 Å². The summed E-state index contributed by atoms with van der Waals surface area (Å²) in [6.07, 6.45) is 4.25. The first-order valence-corrected chi connectivity index (χ1v) is 8.97. The third kappa shape index (κ3) is 4.00. The molecule has 0 aliphatic carbocycles. The minimum atomic E-state index is -0.282. The molecule has 0 spiro atoms. The Morgan fingerprint density at radius 3 is 2.67 bits per heavy atom. The molecule has 3 aromatic rings. The van der Waals surface area contributed by atoms with Gasteiger partial charge in [-0.2, -0.15) is 0 Å². The van der Waals surface area contributed by atoms with Gasteiger partial charge in [0, 0.05) is 11.8 Å². The molecule has 4 nitrogen and oxygen atoms in total. The second kappa shape index (κ2) is 7.62. The van der Waals surface area contributed by atoms with Crippen LogP contribution in [-0.4, -0.2) is 5.91 Å². The molecule has 1 aromatic heterocycles. The van der Waals surface area contributed by atoms with Crippen LogP contribution in [-0.2, 0) is 4.79 Å². The summed E-state index contributed by atoms with van der Waals surface area (Å²) >= 11 is 0. The van der Waals surface area contributed by atoms with Crippen LogP contribution in [0.2, 0.25) is 0 Å². The van der Waals surface area contributed by atoms with Gasteiger partial charge in [-0.1, -0.05) is 43.7 Å². The molecule has 0 atom stereocenters. The number of amides is 1. The van der Waals surface area contributed by atoms with E-state index in [2.05, 4.69) is 19.2 Å². The lowest BCUT2D eigenvalue weighted by Gasteiger charge is -2.15. The molecular formula is C23H23NO3. The van der Waals surface area contributed by atoms with Crippen LogP contribution in [0.4, 0.5) is 5.69 Å². The predicted molar refractivity (Wildman–Crippen MR) is 110 cm³/mol. The van der Waals surface area contributed by atoms with Gasteiger partial charge in [0.05, 0.1) is 10.9 Å². The molecule has 138 valence electrons. The number of aryl methyl sites for hydroxylation is 2. The lowest BCUT2D eigenvalue weighted by Crippen LogP contribution is -2.12. The van der Waals surface area contributed by atoms with Gasteiger partial charge in [-0.3, -0.25) is 9.59 Å². The number of anilines is 1. The van der Waals surface area contributed by atoms with E-state index in [-0.39, 0.29) is 11.3 Å². The van der Waals surface area contributed by atoms with Gasteiger partial charge < -0.3 is 9.73 Å². The number of hydrogen-bond donors (Lipinski definition) is 1. The first-order chi connectivity index (χ1) is 12.9. The van der Waals surface area contributed by atoms with Crippen LogP contribution in [0, 0.1) is 13.8 Å². The predicted octanol–water partition coefficient (Wildman–Crippen LogP) is 5.19. The highest BCUT2D eigenvalue weighted by Crippen LogP contribution is 2.27. The van der Waals surface area contributed by atoms with Gasteiger partial charge in [-0.15, -0.1) is 0 Å². The molecule has 0 saturated carbocycles. The lowest BCUT2D eigenvalue weighted by atomic mass is 9.98. The standard InChI is InChI=1S/C23H23NO3/c1-14(2)18-7-5-6-16(4)22(18)24-21(25)11-9-17-13-27-20-10-8-15(3)12-19(20)23(17)26/h5-14H,1-4H3,(H,24,25)/b11-9+. The normalized spacial score (nSPS) is 11.4. The van der Waals surface area contributed by atoms with Crippen molar-refractivity contribution in [2.45, 2.75) is 33.6 Å². The fourth-order valence-corrected chi connectivity index (χ4v) is 3.05. The van der Waals surface area contributed by atoms with Crippen molar-refractivity contribution in [2.75, 3.05) is 5.32 Å². The number of benzene rings is 2. The minimum absolute atomic E-state index is 0.150. The highest BCUT2D eigenvalue weighted by atomic mass is 16.3. The van der Waals surface area contributed by atoms with Crippen molar-refractivity contribution in [3.05, 3.63) is 81.2 Å². The van der Waals surface area contributed by atoms with Crippen LogP contribution in [0.3, 0.4) is 0 Å². The SMILES string of the molecule is Cc1ccc2occ(/C=C/C(=O)Nc3c(C)cccc3C(C)C)c(=O)c2c1. The summed E-state index contributed by atoms with van der Waals surface area (Å²) in [4.78, 5) is 25.0. The summed E-state index contributed by atoms with van der Waals surface area (Å²) in [7, 11) is 0. The van der Waals surface area contributed by atoms with Gasteiger partial charge in [0.2, 0.25) is 5.91 Å². The van der Waals surface area contributed by atoms with E-state index in [4.69, 9.17) is 4.42 Å². The number of carbonyl (C=O) groups excluding carboxylic acids is 1. The third-order valence-corrected chi connectivity index (χ3v) is 4.54. The van der Waals surface area contributed by atoms with E-state index >= 15 is 0 Å². The maximum absolute atomic E-state index is 12.6. The Kier molecular flexibility index (Phi) is 5.26. The Morgan fingerprint density at radius 1 is 1.15 bits per heavy atom. The van der Waals surface area contributed by atoms with Crippen LogP contribution >= 0.6 is 0 Å². The maximum Gasteiger partial charge on any atom is 0.248 e. The molecule has 0 bridgehead atoms.